The summed E-state index contributed by atoms with van der Waals surface area (Å²) in [6.07, 6.45) is 1.61. The Morgan fingerprint density at radius 3 is 2.81 bits per heavy atom. The average molecular weight is 277 g/mol. The molecule has 0 saturated carbocycles. The first-order valence-electron chi connectivity index (χ1n) is 5.30. The summed E-state index contributed by atoms with van der Waals surface area (Å²) in [5, 5.41) is 11.6. The van der Waals surface area contributed by atoms with Gasteiger partial charge in [0, 0.05) is 20.4 Å². The molecule has 2 rings (SSSR count). The Labute approximate surface area is 110 Å². The minimum atomic E-state index is -0.550. The fourth-order valence-electron chi connectivity index (χ4n) is 2.07. The standard InChI is InChI=1S/C12H14Cl2OS/c1-12(5-2-6-16-12)11(15)9-7-8(13)3-4-10(9)14/h3-4,7,11,15H,2,5-6H2,1H3. The predicted octanol–water partition coefficient (Wildman–Crippen LogP) is 4.31. The van der Waals surface area contributed by atoms with E-state index < -0.39 is 6.10 Å². The Morgan fingerprint density at radius 1 is 1.44 bits per heavy atom. The van der Waals surface area contributed by atoms with Crippen molar-refractivity contribution in [3.05, 3.63) is 33.8 Å². The molecule has 0 radical (unpaired) electrons. The monoisotopic (exact) mass is 276 g/mol. The first-order chi connectivity index (χ1) is 7.53. The van der Waals surface area contributed by atoms with Crippen LogP contribution < -0.4 is 0 Å². The third-order valence-corrected chi connectivity index (χ3v) is 5.24. The molecule has 0 bridgehead atoms. The molecule has 16 heavy (non-hydrogen) atoms. The maximum absolute atomic E-state index is 10.4. The summed E-state index contributed by atoms with van der Waals surface area (Å²) in [5.41, 5.74) is 0.742. The van der Waals surface area contributed by atoms with Crippen molar-refractivity contribution in [3.63, 3.8) is 0 Å². The number of rotatable bonds is 2. The largest absolute Gasteiger partial charge is 0.387 e. The van der Waals surface area contributed by atoms with Crippen LogP contribution in [0.1, 0.15) is 31.4 Å². The van der Waals surface area contributed by atoms with Crippen LogP contribution in [0.5, 0.6) is 0 Å². The van der Waals surface area contributed by atoms with E-state index in [0.717, 1.165) is 24.2 Å². The molecule has 1 aromatic rings. The molecule has 1 nitrogen and oxygen atoms in total. The van der Waals surface area contributed by atoms with Crippen LogP contribution in [0.15, 0.2) is 18.2 Å². The van der Waals surface area contributed by atoms with Crippen molar-refractivity contribution in [2.45, 2.75) is 30.6 Å². The minimum absolute atomic E-state index is 0.131. The molecule has 88 valence electrons. The van der Waals surface area contributed by atoms with E-state index in [9.17, 15) is 5.11 Å². The maximum Gasteiger partial charge on any atom is 0.0948 e. The van der Waals surface area contributed by atoms with E-state index in [1.165, 1.54) is 0 Å². The smallest absolute Gasteiger partial charge is 0.0948 e. The molecule has 1 aliphatic heterocycles. The summed E-state index contributed by atoms with van der Waals surface area (Å²) in [6.45, 7) is 2.09. The van der Waals surface area contributed by atoms with Gasteiger partial charge in [0.15, 0.2) is 0 Å². The SMILES string of the molecule is CC1(C(O)c2cc(Cl)ccc2Cl)CCCS1. The van der Waals surface area contributed by atoms with Crippen LogP contribution in [-0.2, 0) is 0 Å². The second-order valence-corrected chi connectivity index (χ2v) is 6.81. The number of benzene rings is 1. The lowest BCUT2D eigenvalue weighted by Crippen LogP contribution is -2.26. The number of hydrogen-bond acceptors (Lipinski definition) is 2. The van der Waals surface area contributed by atoms with Crippen LogP contribution >= 0.6 is 35.0 Å². The second kappa shape index (κ2) is 4.77. The van der Waals surface area contributed by atoms with Gasteiger partial charge in [-0.15, -0.1) is 0 Å². The molecule has 4 heteroatoms. The molecular weight excluding hydrogens is 263 g/mol. The van der Waals surface area contributed by atoms with E-state index in [2.05, 4.69) is 6.92 Å². The highest BCUT2D eigenvalue weighted by molar-refractivity contribution is 8.00. The Hall–Kier alpha value is 0.110. The topological polar surface area (TPSA) is 20.2 Å². The van der Waals surface area contributed by atoms with Crippen molar-refractivity contribution in [3.8, 4) is 0 Å². The fourth-order valence-corrected chi connectivity index (χ4v) is 3.80. The van der Waals surface area contributed by atoms with Crippen molar-refractivity contribution in [2.75, 3.05) is 5.75 Å². The highest BCUT2D eigenvalue weighted by atomic mass is 35.5. The molecule has 2 unspecified atom stereocenters. The molecule has 0 spiro atoms. The van der Waals surface area contributed by atoms with Crippen LogP contribution in [0, 0.1) is 0 Å². The van der Waals surface area contributed by atoms with E-state index in [4.69, 9.17) is 23.2 Å². The Morgan fingerprint density at radius 2 is 2.19 bits per heavy atom. The van der Waals surface area contributed by atoms with E-state index in [1.54, 1.807) is 18.2 Å². The zero-order chi connectivity index (χ0) is 11.8. The van der Waals surface area contributed by atoms with Crippen LogP contribution in [0.2, 0.25) is 10.0 Å². The number of thioether (sulfide) groups is 1. The average Bonchev–Trinajstić information content (AvgIpc) is 2.69. The fraction of sp³-hybridized carbons (Fsp3) is 0.500. The van der Waals surface area contributed by atoms with E-state index >= 15 is 0 Å². The van der Waals surface area contributed by atoms with Gasteiger partial charge in [-0.3, -0.25) is 0 Å². The molecule has 2 atom stereocenters. The lowest BCUT2D eigenvalue weighted by atomic mass is 9.93. The Balaban J connectivity index is 2.32. The normalized spacial score (nSPS) is 27.0. The number of aliphatic hydroxyl groups excluding tert-OH is 1. The molecule has 1 N–H and O–H groups in total. The third kappa shape index (κ3) is 2.35. The van der Waals surface area contributed by atoms with Gasteiger partial charge in [-0.2, -0.15) is 11.8 Å². The van der Waals surface area contributed by atoms with Crippen molar-refractivity contribution in [1.82, 2.24) is 0 Å². The van der Waals surface area contributed by atoms with Crippen LogP contribution in [0.25, 0.3) is 0 Å². The quantitative estimate of drug-likeness (QED) is 0.869. The first kappa shape index (κ1) is 12.6. The molecule has 0 amide bonds. The van der Waals surface area contributed by atoms with Crippen LogP contribution in [0.3, 0.4) is 0 Å². The van der Waals surface area contributed by atoms with Gasteiger partial charge in [0.25, 0.3) is 0 Å². The lowest BCUT2D eigenvalue weighted by molar-refractivity contribution is 0.135. The van der Waals surface area contributed by atoms with Crippen molar-refractivity contribution in [2.24, 2.45) is 0 Å². The first-order valence-corrected chi connectivity index (χ1v) is 7.04. The summed E-state index contributed by atoms with van der Waals surface area (Å²) >= 11 is 13.9. The summed E-state index contributed by atoms with van der Waals surface area (Å²) < 4.78 is -0.131. The molecule has 1 aliphatic rings. The molecular formula is C12H14Cl2OS. The molecule has 1 fully saturated rings. The van der Waals surface area contributed by atoms with Crippen LogP contribution in [0.4, 0.5) is 0 Å². The lowest BCUT2D eigenvalue weighted by Gasteiger charge is -2.30. The summed E-state index contributed by atoms with van der Waals surface area (Å²) in [7, 11) is 0. The number of hydrogen-bond donors (Lipinski definition) is 1. The van der Waals surface area contributed by atoms with Crippen molar-refractivity contribution >= 4 is 35.0 Å². The molecule has 1 aromatic carbocycles. The van der Waals surface area contributed by atoms with Gasteiger partial charge >= 0.3 is 0 Å². The highest BCUT2D eigenvalue weighted by Gasteiger charge is 2.38. The molecule has 0 aromatic heterocycles. The van der Waals surface area contributed by atoms with Crippen LogP contribution in [-0.4, -0.2) is 15.6 Å². The highest BCUT2D eigenvalue weighted by Crippen LogP contribution is 2.48. The third-order valence-electron chi connectivity index (χ3n) is 3.08. The van der Waals surface area contributed by atoms with Gasteiger partial charge in [0.2, 0.25) is 0 Å². The van der Waals surface area contributed by atoms with Crippen molar-refractivity contribution < 1.29 is 5.11 Å². The summed E-state index contributed by atoms with van der Waals surface area (Å²) in [5.74, 6) is 1.10. The summed E-state index contributed by atoms with van der Waals surface area (Å²) in [6, 6.07) is 5.24. The predicted molar refractivity (Wildman–Crippen MR) is 71.5 cm³/mol. The molecule has 1 saturated heterocycles. The maximum atomic E-state index is 10.4. The minimum Gasteiger partial charge on any atom is -0.387 e. The molecule has 1 heterocycles. The zero-order valence-electron chi connectivity index (χ0n) is 9.04. The van der Waals surface area contributed by atoms with Gasteiger partial charge in [-0.05, 0) is 43.7 Å². The second-order valence-electron chi connectivity index (χ2n) is 4.33. The zero-order valence-corrected chi connectivity index (χ0v) is 11.4. The number of aliphatic hydroxyl groups is 1. The van der Waals surface area contributed by atoms with E-state index in [1.807, 2.05) is 11.8 Å². The van der Waals surface area contributed by atoms with E-state index in [0.29, 0.717) is 10.0 Å². The Bertz CT molecular complexity index is 389. The van der Waals surface area contributed by atoms with Gasteiger partial charge in [0.05, 0.1) is 6.10 Å². The summed E-state index contributed by atoms with van der Waals surface area (Å²) in [4.78, 5) is 0. The Kier molecular flexibility index (Phi) is 3.75. The van der Waals surface area contributed by atoms with Gasteiger partial charge in [-0.25, -0.2) is 0 Å². The molecule has 0 aliphatic carbocycles. The van der Waals surface area contributed by atoms with E-state index in [-0.39, 0.29) is 4.75 Å². The van der Waals surface area contributed by atoms with Gasteiger partial charge in [-0.1, -0.05) is 23.2 Å². The number of halogens is 2. The van der Waals surface area contributed by atoms with Crippen molar-refractivity contribution in [1.29, 1.82) is 0 Å². The van der Waals surface area contributed by atoms with Gasteiger partial charge < -0.3 is 5.11 Å². The van der Waals surface area contributed by atoms with Gasteiger partial charge in [0.1, 0.15) is 0 Å².